The van der Waals surface area contributed by atoms with Crippen molar-refractivity contribution in [2.24, 2.45) is 0 Å². The normalized spacial score (nSPS) is 11.9. The van der Waals surface area contributed by atoms with Gasteiger partial charge >= 0.3 is 5.97 Å². The molecular weight excluding hydrogens is 264 g/mol. The third-order valence-corrected chi connectivity index (χ3v) is 3.43. The molecule has 0 aliphatic heterocycles. The summed E-state index contributed by atoms with van der Waals surface area (Å²) in [6, 6.07) is 15.4. The lowest BCUT2D eigenvalue weighted by atomic mass is 10.0. The fourth-order valence-corrected chi connectivity index (χ4v) is 2.09. The molecule has 21 heavy (non-hydrogen) atoms. The average Bonchev–Trinajstić information content (AvgIpc) is 2.49. The van der Waals surface area contributed by atoms with Crippen molar-refractivity contribution in [3.63, 3.8) is 0 Å². The molecule has 3 nitrogen and oxygen atoms in total. The van der Waals surface area contributed by atoms with Crippen molar-refractivity contribution in [3.8, 4) is 5.75 Å². The summed E-state index contributed by atoms with van der Waals surface area (Å²) in [4.78, 5) is 11.4. The number of carboxylic acids is 1. The van der Waals surface area contributed by atoms with Crippen molar-refractivity contribution in [3.05, 3.63) is 65.2 Å². The van der Waals surface area contributed by atoms with Crippen molar-refractivity contribution < 1.29 is 14.6 Å². The highest BCUT2D eigenvalue weighted by atomic mass is 16.5. The van der Waals surface area contributed by atoms with Crippen LogP contribution in [0, 0.1) is 6.92 Å². The van der Waals surface area contributed by atoms with Gasteiger partial charge in [-0.2, -0.15) is 0 Å². The van der Waals surface area contributed by atoms with Gasteiger partial charge in [-0.05, 0) is 36.6 Å². The van der Waals surface area contributed by atoms with Crippen LogP contribution in [0.5, 0.6) is 5.75 Å². The molecule has 1 N–H and O–H groups in total. The lowest BCUT2D eigenvalue weighted by Crippen LogP contribution is -2.29. The number of carbonyl (C=O) groups is 1. The molecule has 0 amide bonds. The SMILES string of the molecule is CCc1ccc(CC(Oc2ccc(C)cc2)C(=O)O)cc1. The van der Waals surface area contributed by atoms with E-state index in [-0.39, 0.29) is 0 Å². The molecule has 1 unspecified atom stereocenters. The highest BCUT2D eigenvalue weighted by Gasteiger charge is 2.20. The fraction of sp³-hybridized carbons (Fsp3) is 0.278. The van der Waals surface area contributed by atoms with E-state index in [4.69, 9.17) is 4.74 Å². The molecule has 0 saturated carbocycles. The molecule has 2 aromatic carbocycles. The van der Waals surface area contributed by atoms with Crippen LogP contribution < -0.4 is 4.74 Å². The van der Waals surface area contributed by atoms with Crippen molar-refractivity contribution in [1.82, 2.24) is 0 Å². The van der Waals surface area contributed by atoms with E-state index in [9.17, 15) is 9.90 Å². The first-order valence-electron chi connectivity index (χ1n) is 7.12. The molecule has 3 heteroatoms. The Balaban J connectivity index is 2.07. The van der Waals surface area contributed by atoms with Crippen molar-refractivity contribution in [2.75, 3.05) is 0 Å². The Morgan fingerprint density at radius 2 is 1.62 bits per heavy atom. The van der Waals surface area contributed by atoms with E-state index in [0.717, 1.165) is 17.5 Å². The van der Waals surface area contributed by atoms with Crippen LogP contribution in [0.25, 0.3) is 0 Å². The first kappa shape index (κ1) is 15.1. The maximum Gasteiger partial charge on any atom is 0.345 e. The van der Waals surface area contributed by atoms with E-state index in [1.165, 1.54) is 5.56 Å². The number of aryl methyl sites for hydroxylation is 2. The van der Waals surface area contributed by atoms with Gasteiger partial charge in [-0.15, -0.1) is 0 Å². The van der Waals surface area contributed by atoms with Gasteiger partial charge in [0, 0.05) is 6.42 Å². The Kier molecular flexibility index (Phi) is 4.99. The maximum atomic E-state index is 11.4. The van der Waals surface area contributed by atoms with Crippen LogP contribution >= 0.6 is 0 Å². The van der Waals surface area contributed by atoms with Crippen LogP contribution in [0.15, 0.2) is 48.5 Å². The Morgan fingerprint density at radius 3 is 2.14 bits per heavy atom. The smallest absolute Gasteiger partial charge is 0.345 e. The van der Waals surface area contributed by atoms with E-state index in [0.29, 0.717) is 12.2 Å². The molecule has 2 aromatic rings. The minimum Gasteiger partial charge on any atom is -0.478 e. The zero-order chi connectivity index (χ0) is 15.2. The number of aliphatic carboxylic acids is 1. The van der Waals surface area contributed by atoms with Gasteiger partial charge in [0.15, 0.2) is 6.10 Å². The second-order valence-corrected chi connectivity index (χ2v) is 5.13. The zero-order valence-electron chi connectivity index (χ0n) is 12.4. The van der Waals surface area contributed by atoms with Crippen LogP contribution in [-0.2, 0) is 17.6 Å². The minimum atomic E-state index is -0.949. The first-order valence-corrected chi connectivity index (χ1v) is 7.12. The summed E-state index contributed by atoms with van der Waals surface area (Å²) < 4.78 is 5.59. The van der Waals surface area contributed by atoms with Crippen LogP contribution in [0.1, 0.15) is 23.6 Å². The summed E-state index contributed by atoms with van der Waals surface area (Å²) in [7, 11) is 0. The molecule has 0 bridgehead atoms. The van der Waals surface area contributed by atoms with Crippen LogP contribution in [0.3, 0.4) is 0 Å². The Labute approximate surface area is 125 Å². The molecule has 110 valence electrons. The summed E-state index contributed by atoms with van der Waals surface area (Å²) in [5.41, 5.74) is 3.32. The summed E-state index contributed by atoms with van der Waals surface area (Å²) in [6.07, 6.45) is 0.454. The predicted molar refractivity (Wildman–Crippen MR) is 82.8 cm³/mol. The largest absolute Gasteiger partial charge is 0.478 e. The van der Waals surface area contributed by atoms with Gasteiger partial charge in [-0.3, -0.25) is 0 Å². The number of carboxylic acid groups (broad SMARTS) is 1. The summed E-state index contributed by atoms with van der Waals surface area (Å²) in [5, 5.41) is 9.33. The Hall–Kier alpha value is -2.29. The number of benzene rings is 2. The molecule has 0 heterocycles. The second kappa shape index (κ2) is 6.93. The van der Waals surface area contributed by atoms with E-state index in [1.54, 1.807) is 12.1 Å². The molecule has 0 aromatic heterocycles. The number of ether oxygens (including phenoxy) is 1. The molecule has 0 aliphatic carbocycles. The number of rotatable bonds is 6. The molecule has 0 aliphatic rings. The summed E-state index contributed by atoms with van der Waals surface area (Å²) in [5.74, 6) is -0.367. The van der Waals surface area contributed by atoms with Crippen molar-refractivity contribution >= 4 is 5.97 Å². The van der Waals surface area contributed by atoms with E-state index in [2.05, 4.69) is 6.92 Å². The molecule has 0 saturated heterocycles. The number of hydrogen-bond acceptors (Lipinski definition) is 2. The van der Waals surface area contributed by atoms with Gasteiger partial charge in [0.2, 0.25) is 0 Å². The second-order valence-electron chi connectivity index (χ2n) is 5.13. The third kappa shape index (κ3) is 4.35. The maximum absolute atomic E-state index is 11.4. The molecule has 1 atom stereocenters. The number of hydrogen-bond donors (Lipinski definition) is 1. The standard InChI is InChI=1S/C18H20O3/c1-3-14-6-8-15(9-7-14)12-17(18(19)20)21-16-10-4-13(2)5-11-16/h4-11,17H,3,12H2,1-2H3,(H,19,20). The Bertz CT molecular complexity index is 585. The van der Waals surface area contributed by atoms with Crippen molar-refractivity contribution in [1.29, 1.82) is 0 Å². The third-order valence-electron chi connectivity index (χ3n) is 3.43. The van der Waals surface area contributed by atoms with Crippen LogP contribution in [-0.4, -0.2) is 17.2 Å². The van der Waals surface area contributed by atoms with Crippen LogP contribution in [0.2, 0.25) is 0 Å². The highest BCUT2D eigenvalue weighted by molar-refractivity contribution is 5.73. The molecule has 0 spiro atoms. The first-order chi connectivity index (χ1) is 10.1. The fourth-order valence-electron chi connectivity index (χ4n) is 2.09. The van der Waals surface area contributed by atoms with Crippen molar-refractivity contribution in [2.45, 2.75) is 32.8 Å². The van der Waals surface area contributed by atoms with Gasteiger partial charge in [0.25, 0.3) is 0 Å². The molecule has 0 fully saturated rings. The zero-order valence-corrected chi connectivity index (χ0v) is 12.4. The monoisotopic (exact) mass is 284 g/mol. The van der Waals surface area contributed by atoms with Gasteiger partial charge in [-0.25, -0.2) is 4.79 Å². The van der Waals surface area contributed by atoms with Gasteiger partial charge < -0.3 is 9.84 Å². The quantitative estimate of drug-likeness (QED) is 0.881. The Morgan fingerprint density at radius 1 is 1.05 bits per heavy atom. The lowest BCUT2D eigenvalue weighted by molar-refractivity contribution is -0.145. The minimum absolute atomic E-state index is 0.354. The molecular formula is C18H20O3. The lowest BCUT2D eigenvalue weighted by Gasteiger charge is -2.15. The van der Waals surface area contributed by atoms with Gasteiger partial charge in [0.05, 0.1) is 0 Å². The molecule has 0 radical (unpaired) electrons. The van der Waals surface area contributed by atoms with Crippen LogP contribution in [0.4, 0.5) is 0 Å². The van der Waals surface area contributed by atoms with E-state index < -0.39 is 12.1 Å². The topological polar surface area (TPSA) is 46.5 Å². The predicted octanol–water partition coefficient (Wildman–Crippen LogP) is 3.63. The average molecular weight is 284 g/mol. The van der Waals surface area contributed by atoms with E-state index in [1.807, 2.05) is 43.3 Å². The highest BCUT2D eigenvalue weighted by Crippen LogP contribution is 2.16. The molecule has 2 rings (SSSR count). The van der Waals surface area contributed by atoms with Gasteiger partial charge in [0.1, 0.15) is 5.75 Å². The summed E-state index contributed by atoms with van der Waals surface area (Å²) in [6.45, 7) is 4.07. The van der Waals surface area contributed by atoms with E-state index >= 15 is 0 Å². The van der Waals surface area contributed by atoms with Gasteiger partial charge in [-0.1, -0.05) is 48.9 Å². The summed E-state index contributed by atoms with van der Waals surface area (Å²) >= 11 is 0.